The van der Waals surface area contributed by atoms with Crippen molar-refractivity contribution in [1.29, 1.82) is 0 Å². The molecule has 6 nitrogen and oxygen atoms in total. The van der Waals surface area contributed by atoms with Gasteiger partial charge in [-0.05, 0) is 6.92 Å². The van der Waals surface area contributed by atoms with Crippen LogP contribution in [-0.2, 0) is 14.3 Å². The van der Waals surface area contributed by atoms with Gasteiger partial charge < -0.3 is 19.4 Å². The maximum Gasteiger partial charge on any atom is 0.306 e. The maximum atomic E-state index is 11.1. The molecule has 0 aliphatic rings. The molecule has 2 N–H and O–H groups in total. The third-order valence-electron chi connectivity index (χ3n) is 2.47. The summed E-state index contributed by atoms with van der Waals surface area (Å²) >= 11 is 0. The highest BCUT2D eigenvalue weighted by Gasteiger charge is 2.17. The standard InChI is InChI=1S/C12H23NO5/c1-10(14)9-13(2,3)7-4-8-18-12(17)6-5-11(15)16/h10,14H,4-9H2,1-3H3/p+1. The second kappa shape index (κ2) is 8.05. The number of ether oxygens (including phenoxy) is 1. The van der Waals surface area contributed by atoms with E-state index in [-0.39, 0.29) is 18.9 Å². The second-order valence-electron chi connectivity index (χ2n) is 5.16. The van der Waals surface area contributed by atoms with Crippen LogP contribution in [0, 0.1) is 0 Å². The van der Waals surface area contributed by atoms with Crippen LogP contribution < -0.4 is 0 Å². The lowest BCUT2D eigenvalue weighted by Gasteiger charge is -2.30. The molecule has 1 atom stereocenters. The molecule has 0 spiro atoms. The van der Waals surface area contributed by atoms with Crippen molar-refractivity contribution >= 4 is 11.9 Å². The normalized spacial score (nSPS) is 13.1. The van der Waals surface area contributed by atoms with Gasteiger partial charge in [-0.3, -0.25) is 9.59 Å². The molecule has 0 rings (SSSR count). The van der Waals surface area contributed by atoms with Crippen molar-refractivity contribution in [2.75, 3.05) is 33.8 Å². The minimum Gasteiger partial charge on any atom is -0.481 e. The molecule has 0 fully saturated rings. The summed E-state index contributed by atoms with van der Waals surface area (Å²) in [7, 11) is 4.00. The number of carboxylic acids is 1. The number of carboxylic acid groups (broad SMARTS) is 1. The zero-order chi connectivity index (χ0) is 14.2. The Kier molecular flexibility index (Phi) is 7.54. The molecule has 0 saturated heterocycles. The maximum absolute atomic E-state index is 11.1. The molecule has 1 unspecified atom stereocenters. The van der Waals surface area contributed by atoms with Crippen molar-refractivity contribution < 1.29 is 29.0 Å². The van der Waals surface area contributed by atoms with E-state index in [9.17, 15) is 14.7 Å². The molecular weight excluding hydrogens is 238 g/mol. The van der Waals surface area contributed by atoms with Gasteiger partial charge in [0.25, 0.3) is 0 Å². The van der Waals surface area contributed by atoms with Crippen molar-refractivity contribution in [3.05, 3.63) is 0 Å². The van der Waals surface area contributed by atoms with Crippen LogP contribution in [0.5, 0.6) is 0 Å². The highest BCUT2D eigenvalue weighted by molar-refractivity contribution is 5.76. The predicted molar refractivity (Wildman–Crippen MR) is 66.0 cm³/mol. The highest BCUT2D eigenvalue weighted by Crippen LogP contribution is 2.02. The van der Waals surface area contributed by atoms with Crippen LogP contribution in [-0.4, -0.2) is 66.5 Å². The molecule has 0 aromatic heterocycles. The first-order valence-electron chi connectivity index (χ1n) is 6.10. The Morgan fingerprint density at radius 2 is 1.89 bits per heavy atom. The van der Waals surface area contributed by atoms with Crippen molar-refractivity contribution in [3.8, 4) is 0 Å². The van der Waals surface area contributed by atoms with Crippen LogP contribution in [0.15, 0.2) is 0 Å². The van der Waals surface area contributed by atoms with Gasteiger partial charge in [0, 0.05) is 6.42 Å². The largest absolute Gasteiger partial charge is 0.481 e. The molecule has 6 heteroatoms. The Morgan fingerprint density at radius 1 is 1.28 bits per heavy atom. The van der Waals surface area contributed by atoms with E-state index in [1.807, 2.05) is 14.1 Å². The first-order valence-corrected chi connectivity index (χ1v) is 6.10. The third-order valence-corrected chi connectivity index (χ3v) is 2.47. The number of quaternary nitrogens is 1. The smallest absolute Gasteiger partial charge is 0.306 e. The molecule has 0 saturated carbocycles. The van der Waals surface area contributed by atoms with E-state index in [0.717, 1.165) is 6.54 Å². The van der Waals surface area contributed by atoms with Crippen LogP contribution in [0.2, 0.25) is 0 Å². The second-order valence-corrected chi connectivity index (χ2v) is 5.16. The van der Waals surface area contributed by atoms with E-state index in [1.54, 1.807) is 6.92 Å². The van der Waals surface area contributed by atoms with Gasteiger partial charge in [-0.15, -0.1) is 0 Å². The van der Waals surface area contributed by atoms with Crippen LogP contribution in [0.3, 0.4) is 0 Å². The van der Waals surface area contributed by atoms with E-state index in [1.165, 1.54) is 0 Å². The fraction of sp³-hybridized carbons (Fsp3) is 0.833. The van der Waals surface area contributed by atoms with E-state index in [4.69, 9.17) is 9.84 Å². The number of esters is 1. The van der Waals surface area contributed by atoms with E-state index < -0.39 is 11.9 Å². The Balaban J connectivity index is 3.66. The van der Waals surface area contributed by atoms with Crippen molar-refractivity contribution in [2.24, 2.45) is 0 Å². The SMILES string of the molecule is CC(O)C[N+](C)(C)CCCOC(=O)CCC(=O)O. The minimum atomic E-state index is -0.998. The summed E-state index contributed by atoms with van der Waals surface area (Å²) in [5.74, 6) is -1.47. The fourth-order valence-electron chi connectivity index (χ4n) is 1.77. The van der Waals surface area contributed by atoms with Gasteiger partial charge >= 0.3 is 11.9 Å². The Morgan fingerprint density at radius 3 is 2.39 bits per heavy atom. The number of aliphatic hydroxyl groups is 1. The fourth-order valence-corrected chi connectivity index (χ4v) is 1.77. The van der Waals surface area contributed by atoms with E-state index in [2.05, 4.69) is 0 Å². The number of hydrogen-bond acceptors (Lipinski definition) is 4. The average Bonchev–Trinajstić information content (AvgIpc) is 2.19. The number of likely N-dealkylation sites (N-methyl/N-ethyl adjacent to an activating group) is 1. The van der Waals surface area contributed by atoms with Gasteiger partial charge in [0.15, 0.2) is 0 Å². The van der Waals surface area contributed by atoms with Crippen LogP contribution >= 0.6 is 0 Å². The lowest BCUT2D eigenvalue weighted by Crippen LogP contribution is -2.45. The molecule has 18 heavy (non-hydrogen) atoms. The summed E-state index contributed by atoms with van der Waals surface area (Å²) in [5, 5.41) is 17.7. The summed E-state index contributed by atoms with van der Waals surface area (Å²) in [4.78, 5) is 21.4. The first kappa shape index (κ1) is 16.9. The minimum absolute atomic E-state index is 0.0821. The monoisotopic (exact) mass is 262 g/mol. The van der Waals surface area contributed by atoms with Crippen LogP contribution in [0.4, 0.5) is 0 Å². The van der Waals surface area contributed by atoms with Gasteiger partial charge in [-0.1, -0.05) is 0 Å². The Hall–Kier alpha value is -1.14. The number of nitrogens with zero attached hydrogens (tertiary/aromatic N) is 1. The molecule has 106 valence electrons. The molecule has 0 aliphatic carbocycles. The van der Waals surface area contributed by atoms with Crippen molar-refractivity contribution in [3.63, 3.8) is 0 Å². The summed E-state index contributed by atoms with van der Waals surface area (Å²) in [5.41, 5.74) is 0. The average molecular weight is 262 g/mol. The van der Waals surface area contributed by atoms with Gasteiger partial charge in [-0.2, -0.15) is 0 Å². The molecule has 0 bridgehead atoms. The molecular formula is C12H24NO5+. The van der Waals surface area contributed by atoms with Gasteiger partial charge in [0.2, 0.25) is 0 Å². The number of rotatable bonds is 9. The van der Waals surface area contributed by atoms with Crippen molar-refractivity contribution in [1.82, 2.24) is 0 Å². The van der Waals surface area contributed by atoms with Gasteiger partial charge in [-0.25, -0.2) is 0 Å². The Labute approximate surface area is 108 Å². The highest BCUT2D eigenvalue weighted by atomic mass is 16.5. The van der Waals surface area contributed by atoms with Gasteiger partial charge in [0.05, 0.1) is 40.1 Å². The van der Waals surface area contributed by atoms with Crippen LogP contribution in [0.25, 0.3) is 0 Å². The van der Waals surface area contributed by atoms with Crippen LogP contribution in [0.1, 0.15) is 26.2 Å². The summed E-state index contributed by atoms with van der Waals surface area (Å²) in [6, 6.07) is 0. The summed E-state index contributed by atoms with van der Waals surface area (Å²) < 4.78 is 5.58. The van der Waals surface area contributed by atoms with Crippen molar-refractivity contribution in [2.45, 2.75) is 32.3 Å². The summed E-state index contributed by atoms with van der Waals surface area (Å²) in [6.07, 6.45) is 0.0560. The number of carbonyl (C=O) groups excluding carboxylic acids is 1. The molecule has 0 aliphatic heterocycles. The lowest BCUT2D eigenvalue weighted by atomic mass is 10.3. The summed E-state index contributed by atoms with van der Waals surface area (Å²) in [6.45, 7) is 3.47. The van der Waals surface area contributed by atoms with E-state index in [0.29, 0.717) is 24.1 Å². The number of aliphatic carboxylic acids is 1. The number of carbonyl (C=O) groups is 2. The zero-order valence-corrected chi connectivity index (χ0v) is 11.4. The number of hydrogen-bond donors (Lipinski definition) is 2. The predicted octanol–water partition coefficient (Wildman–Crippen LogP) is 0.242. The topological polar surface area (TPSA) is 83.8 Å². The third kappa shape index (κ3) is 10.0. The molecule has 0 amide bonds. The lowest BCUT2D eigenvalue weighted by molar-refractivity contribution is -0.893. The zero-order valence-electron chi connectivity index (χ0n) is 11.4. The quantitative estimate of drug-likeness (QED) is 0.353. The number of aliphatic hydroxyl groups excluding tert-OH is 1. The molecule has 0 radical (unpaired) electrons. The molecule has 0 heterocycles. The molecule has 0 aromatic rings. The van der Waals surface area contributed by atoms with Gasteiger partial charge in [0.1, 0.15) is 12.6 Å². The first-order chi connectivity index (χ1) is 8.23. The van der Waals surface area contributed by atoms with E-state index >= 15 is 0 Å². The molecule has 0 aromatic carbocycles. The Bertz CT molecular complexity index is 276.